The zero-order chi connectivity index (χ0) is 11.6. The van der Waals surface area contributed by atoms with Crippen LogP contribution in [0.4, 0.5) is 0 Å². The molecule has 0 radical (unpaired) electrons. The van der Waals surface area contributed by atoms with Crippen LogP contribution in [-0.4, -0.2) is 23.9 Å². The molecule has 1 saturated carbocycles. The molecule has 2 rings (SSSR count). The fourth-order valence-corrected chi connectivity index (χ4v) is 3.16. The summed E-state index contributed by atoms with van der Waals surface area (Å²) in [4.78, 5) is 13.7. The van der Waals surface area contributed by atoms with Crippen LogP contribution in [0.3, 0.4) is 0 Å². The maximum atomic E-state index is 11.8. The SMILES string of the molecule is CC(C#N)C(=O)N1CCC2(CCCC2)CC1. The van der Waals surface area contributed by atoms with Crippen LogP contribution in [-0.2, 0) is 4.79 Å². The second-order valence-corrected chi connectivity index (χ2v) is 5.38. The second-order valence-electron chi connectivity index (χ2n) is 5.38. The summed E-state index contributed by atoms with van der Waals surface area (Å²) in [5.41, 5.74) is 0.548. The predicted molar refractivity (Wildman–Crippen MR) is 61.5 cm³/mol. The Balaban J connectivity index is 1.90. The molecule has 1 spiro atoms. The molecule has 2 aliphatic rings. The lowest BCUT2D eigenvalue weighted by Crippen LogP contribution is -2.44. The number of hydrogen-bond donors (Lipinski definition) is 0. The molecule has 0 N–H and O–H groups in total. The van der Waals surface area contributed by atoms with Crippen LogP contribution in [0.5, 0.6) is 0 Å². The van der Waals surface area contributed by atoms with E-state index in [-0.39, 0.29) is 5.91 Å². The second kappa shape index (κ2) is 4.45. The number of amides is 1. The molecule has 3 heteroatoms. The summed E-state index contributed by atoms with van der Waals surface area (Å²) < 4.78 is 0. The summed E-state index contributed by atoms with van der Waals surface area (Å²) in [5.74, 6) is -0.451. The average molecular weight is 220 g/mol. The molecule has 1 heterocycles. The van der Waals surface area contributed by atoms with Crippen molar-refractivity contribution >= 4 is 5.91 Å². The molecule has 0 bridgehead atoms. The van der Waals surface area contributed by atoms with Crippen LogP contribution in [0, 0.1) is 22.7 Å². The molecule has 1 amide bonds. The van der Waals surface area contributed by atoms with E-state index in [0.717, 1.165) is 25.9 Å². The number of nitriles is 1. The summed E-state index contributed by atoms with van der Waals surface area (Å²) in [6, 6.07) is 2.03. The van der Waals surface area contributed by atoms with Crippen molar-refractivity contribution in [1.29, 1.82) is 5.26 Å². The Morgan fingerprint density at radius 3 is 2.31 bits per heavy atom. The lowest BCUT2D eigenvalue weighted by molar-refractivity contribution is -0.135. The molecule has 16 heavy (non-hydrogen) atoms. The molecular weight excluding hydrogens is 200 g/mol. The summed E-state index contributed by atoms with van der Waals surface area (Å²) in [6.07, 6.45) is 7.73. The third-order valence-electron chi connectivity index (χ3n) is 4.36. The van der Waals surface area contributed by atoms with Crippen LogP contribution >= 0.6 is 0 Å². The maximum absolute atomic E-state index is 11.8. The van der Waals surface area contributed by atoms with Crippen molar-refractivity contribution < 1.29 is 4.79 Å². The molecule has 2 fully saturated rings. The average Bonchev–Trinajstić information content (AvgIpc) is 2.77. The Bertz CT molecular complexity index is 302. The van der Waals surface area contributed by atoms with E-state index in [9.17, 15) is 4.79 Å². The highest BCUT2D eigenvalue weighted by Gasteiger charge is 2.38. The van der Waals surface area contributed by atoms with Crippen LogP contribution in [0.2, 0.25) is 0 Å². The Labute approximate surface area is 97.4 Å². The number of piperidine rings is 1. The van der Waals surface area contributed by atoms with Gasteiger partial charge < -0.3 is 4.90 Å². The van der Waals surface area contributed by atoms with Gasteiger partial charge in [-0.25, -0.2) is 0 Å². The van der Waals surface area contributed by atoms with E-state index in [1.165, 1.54) is 25.7 Å². The molecule has 0 aromatic rings. The normalized spacial score (nSPS) is 25.4. The summed E-state index contributed by atoms with van der Waals surface area (Å²) in [5, 5.41) is 8.74. The van der Waals surface area contributed by atoms with Gasteiger partial charge in [0.05, 0.1) is 6.07 Å². The number of nitrogens with zero attached hydrogens (tertiary/aromatic N) is 2. The van der Waals surface area contributed by atoms with Gasteiger partial charge in [0.15, 0.2) is 0 Å². The van der Waals surface area contributed by atoms with Gasteiger partial charge in [-0.15, -0.1) is 0 Å². The highest BCUT2D eigenvalue weighted by Crippen LogP contribution is 2.46. The number of hydrogen-bond acceptors (Lipinski definition) is 2. The fourth-order valence-electron chi connectivity index (χ4n) is 3.16. The molecule has 1 atom stereocenters. The van der Waals surface area contributed by atoms with Crippen LogP contribution in [0.1, 0.15) is 45.4 Å². The van der Waals surface area contributed by atoms with Gasteiger partial charge in [0, 0.05) is 13.1 Å². The highest BCUT2D eigenvalue weighted by atomic mass is 16.2. The van der Waals surface area contributed by atoms with Gasteiger partial charge in [-0.05, 0) is 38.0 Å². The van der Waals surface area contributed by atoms with Gasteiger partial charge in [-0.2, -0.15) is 5.26 Å². The third-order valence-corrected chi connectivity index (χ3v) is 4.36. The van der Waals surface area contributed by atoms with E-state index in [1.54, 1.807) is 6.92 Å². The standard InChI is InChI=1S/C13H20N2O/c1-11(10-14)12(16)15-8-6-13(7-9-15)4-2-3-5-13/h11H,2-9H2,1H3. The monoisotopic (exact) mass is 220 g/mol. The summed E-state index contributed by atoms with van der Waals surface area (Å²) >= 11 is 0. The molecule has 0 aromatic carbocycles. The van der Waals surface area contributed by atoms with Gasteiger partial charge in [0.25, 0.3) is 0 Å². The minimum Gasteiger partial charge on any atom is -0.342 e. The van der Waals surface area contributed by atoms with Crippen molar-refractivity contribution in [2.45, 2.75) is 45.4 Å². The Hall–Kier alpha value is -1.04. The first-order chi connectivity index (χ1) is 7.67. The zero-order valence-electron chi connectivity index (χ0n) is 10.0. The molecule has 88 valence electrons. The molecule has 1 aliphatic carbocycles. The maximum Gasteiger partial charge on any atom is 0.239 e. The fraction of sp³-hybridized carbons (Fsp3) is 0.846. The van der Waals surface area contributed by atoms with E-state index in [4.69, 9.17) is 5.26 Å². The van der Waals surface area contributed by atoms with Crippen molar-refractivity contribution in [1.82, 2.24) is 4.90 Å². The molecule has 0 aromatic heterocycles. The highest BCUT2D eigenvalue weighted by molar-refractivity contribution is 5.80. The third kappa shape index (κ3) is 2.07. The van der Waals surface area contributed by atoms with E-state index < -0.39 is 5.92 Å². The predicted octanol–water partition coefficient (Wildman–Crippen LogP) is 2.33. The summed E-state index contributed by atoms with van der Waals surface area (Å²) in [6.45, 7) is 3.43. The first-order valence-corrected chi connectivity index (χ1v) is 6.35. The van der Waals surface area contributed by atoms with Gasteiger partial charge in [0.1, 0.15) is 5.92 Å². The Kier molecular flexibility index (Phi) is 3.18. The van der Waals surface area contributed by atoms with Crippen LogP contribution in [0.25, 0.3) is 0 Å². The first kappa shape index (κ1) is 11.4. The minimum atomic E-state index is -0.474. The van der Waals surface area contributed by atoms with Crippen molar-refractivity contribution in [3.05, 3.63) is 0 Å². The zero-order valence-corrected chi connectivity index (χ0v) is 10.0. The van der Waals surface area contributed by atoms with Gasteiger partial charge in [-0.1, -0.05) is 12.8 Å². The van der Waals surface area contributed by atoms with Gasteiger partial charge in [0.2, 0.25) is 5.91 Å². The summed E-state index contributed by atoms with van der Waals surface area (Å²) in [7, 11) is 0. The molecule has 1 unspecified atom stereocenters. The van der Waals surface area contributed by atoms with E-state index in [1.807, 2.05) is 11.0 Å². The number of carbonyl (C=O) groups is 1. The van der Waals surface area contributed by atoms with E-state index in [2.05, 4.69) is 0 Å². The Morgan fingerprint density at radius 1 is 1.25 bits per heavy atom. The quantitative estimate of drug-likeness (QED) is 0.680. The lowest BCUT2D eigenvalue weighted by atomic mass is 9.77. The van der Waals surface area contributed by atoms with Crippen molar-refractivity contribution in [3.8, 4) is 6.07 Å². The molecular formula is C13H20N2O. The number of rotatable bonds is 1. The first-order valence-electron chi connectivity index (χ1n) is 6.35. The smallest absolute Gasteiger partial charge is 0.239 e. The van der Waals surface area contributed by atoms with Crippen molar-refractivity contribution in [2.75, 3.05) is 13.1 Å². The Morgan fingerprint density at radius 2 is 1.81 bits per heavy atom. The van der Waals surface area contributed by atoms with Gasteiger partial charge >= 0.3 is 0 Å². The topological polar surface area (TPSA) is 44.1 Å². The lowest BCUT2D eigenvalue weighted by Gasteiger charge is -2.39. The van der Waals surface area contributed by atoms with Crippen LogP contribution in [0.15, 0.2) is 0 Å². The van der Waals surface area contributed by atoms with E-state index >= 15 is 0 Å². The number of likely N-dealkylation sites (tertiary alicyclic amines) is 1. The number of carbonyl (C=O) groups excluding carboxylic acids is 1. The van der Waals surface area contributed by atoms with Crippen molar-refractivity contribution in [2.24, 2.45) is 11.3 Å². The van der Waals surface area contributed by atoms with Crippen LogP contribution < -0.4 is 0 Å². The molecule has 1 aliphatic heterocycles. The minimum absolute atomic E-state index is 0.0235. The van der Waals surface area contributed by atoms with E-state index in [0.29, 0.717) is 5.41 Å². The van der Waals surface area contributed by atoms with Crippen molar-refractivity contribution in [3.63, 3.8) is 0 Å². The largest absolute Gasteiger partial charge is 0.342 e. The molecule has 1 saturated heterocycles. The molecule has 3 nitrogen and oxygen atoms in total. The van der Waals surface area contributed by atoms with Gasteiger partial charge in [-0.3, -0.25) is 4.79 Å².